The summed E-state index contributed by atoms with van der Waals surface area (Å²) in [5.74, 6) is 0. The first-order valence-electron chi connectivity index (χ1n) is 5.68. The zero-order valence-corrected chi connectivity index (χ0v) is 11.2. The third-order valence-electron chi connectivity index (χ3n) is 2.55. The third kappa shape index (κ3) is 5.94. The summed E-state index contributed by atoms with van der Waals surface area (Å²) in [4.78, 5) is 0. The Balaban J connectivity index is 0.00000225. The first-order chi connectivity index (χ1) is 7.22. The Bertz CT molecular complexity index is 306. The van der Waals surface area contributed by atoms with Crippen molar-refractivity contribution < 1.29 is 0 Å². The van der Waals surface area contributed by atoms with E-state index in [0.717, 1.165) is 6.54 Å². The van der Waals surface area contributed by atoms with E-state index in [4.69, 9.17) is 0 Å². The molecule has 1 atom stereocenters. The number of benzene rings is 1. The Morgan fingerprint density at radius 1 is 1.31 bits per heavy atom. The average Bonchev–Trinajstić information content (AvgIpc) is 2.27. The van der Waals surface area contributed by atoms with Gasteiger partial charge in [0, 0.05) is 12.6 Å². The predicted molar refractivity (Wildman–Crippen MR) is 75.1 cm³/mol. The number of hydrogen-bond acceptors (Lipinski definition) is 1. The molecule has 90 valence electrons. The van der Waals surface area contributed by atoms with Gasteiger partial charge in [-0.2, -0.15) is 0 Å². The number of hydrogen-bond donors (Lipinski definition) is 1. The van der Waals surface area contributed by atoms with Crippen LogP contribution in [0.5, 0.6) is 0 Å². The van der Waals surface area contributed by atoms with Crippen LogP contribution in [0.3, 0.4) is 0 Å². The highest BCUT2D eigenvalue weighted by molar-refractivity contribution is 5.85. The average molecular weight is 240 g/mol. The van der Waals surface area contributed by atoms with Gasteiger partial charge in [-0.15, -0.1) is 12.4 Å². The molecule has 2 heteroatoms. The van der Waals surface area contributed by atoms with Crippen LogP contribution in [0.15, 0.2) is 35.9 Å². The van der Waals surface area contributed by atoms with Gasteiger partial charge in [-0.3, -0.25) is 0 Å². The van der Waals surface area contributed by atoms with Gasteiger partial charge in [0.25, 0.3) is 0 Å². The molecule has 1 aromatic carbocycles. The normalized spacial score (nSPS) is 13.1. The van der Waals surface area contributed by atoms with E-state index >= 15 is 0 Å². The molecule has 0 saturated heterocycles. The first-order valence-corrected chi connectivity index (χ1v) is 5.68. The molecule has 0 heterocycles. The Kier molecular flexibility index (Phi) is 7.96. The van der Waals surface area contributed by atoms with Gasteiger partial charge < -0.3 is 5.32 Å². The third-order valence-corrected chi connectivity index (χ3v) is 2.55. The van der Waals surface area contributed by atoms with E-state index in [1.165, 1.54) is 17.6 Å². The van der Waals surface area contributed by atoms with E-state index in [1.54, 1.807) is 0 Å². The van der Waals surface area contributed by atoms with Gasteiger partial charge >= 0.3 is 0 Å². The van der Waals surface area contributed by atoms with Gasteiger partial charge in [0.1, 0.15) is 0 Å². The SMILES string of the molecule is CCC(C)NC/C(C)=C/c1ccccc1.Cl. The molecule has 1 rings (SSSR count). The summed E-state index contributed by atoms with van der Waals surface area (Å²) in [5, 5.41) is 3.48. The van der Waals surface area contributed by atoms with Crippen molar-refractivity contribution in [3.05, 3.63) is 41.5 Å². The summed E-state index contributed by atoms with van der Waals surface area (Å²) in [5.41, 5.74) is 2.66. The lowest BCUT2D eigenvalue weighted by Crippen LogP contribution is -2.26. The molecule has 16 heavy (non-hydrogen) atoms. The molecular weight excluding hydrogens is 218 g/mol. The fourth-order valence-corrected chi connectivity index (χ4v) is 1.36. The number of nitrogens with one attached hydrogen (secondary N) is 1. The fraction of sp³-hybridized carbons (Fsp3) is 0.429. The van der Waals surface area contributed by atoms with Crippen molar-refractivity contribution in [2.75, 3.05) is 6.54 Å². The molecule has 1 N–H and O–H groups in total. The molecule has 0 aliphatic heterocycles. The van der Waals surface area contributed by atoms with E-state index in [0.29, 0.717) is 6.04 Å². The smallest absolute Gasteiger partial charge is 0.0167 e. The second-order valence-corrected chi connectivity index (χ2v) is 4.09. The number of halogens is 1. The molecule has 0 aromatic heterocycles. The molecule has 0 aliphatic rings. The van der Waals surface area contributed by atoms with Crippen LogP contribution in [0.1, 0.15) is 32.8 Å². The molecule has 0 aliphatic carbocycles. The summed E-state index contributed by atoms with van der Waals surface area (Å²) in [7, 11) is 0. The maximum Gasteiger partial charge on any atom is 0.0167 e. The second-order valence-electron chi connectivity index (χ2n) is 4.09. The van der Waals surface area contributed by atoms with E-state index in [9.17, 15) is 0 Å². The molecule has 0 saturated carbocycles. The summed E-state index contributed by atoms with van der Waals surface area (Å²) >= 11 is 0. The van der Waals surface area contributed by atoms with E-state index in [1.807, 2.05) is 6.07 Å². The van der Waals surface area contributed by atoms with Crippen LogP contribution in [0.2, 0.25) is 0 Å². The molecule has 0 bridgehead atoms. The molecular formula is C14H22ClN. The first kappa shape index (κ1) is 15.2. The summed E-state index contributed by atoms with van der Waals surface area (Å²) in [6, 6.07) is 11.1. The van der Waals surface area contributed by atoms with Crippen molar-refractivity contribution in [1.29, 1.82) is 0 Å². The minimum absolute atomic E-state index is 0. The zero-order chi connectivity index (χ0) is 11.1. The standard InChI is InChI=1S/C14H21N.ClH/c1-4-13(3)15-11-12(2)10-14-8-6-5-7-9-14;/h5-10,13,15H,4,11H2,1-3H3;1H/b12-10+;. The fourth-order valence-electron chi connectivity index (χ4n) is 1.36. The van der Waals surface area contributed by atoms with Gasteiger partial charge in [0.05, 0.1) is 0 Å². The van der Waals surface area contributed by atoms with E-state index in [-0.39, 0.29) is 12.4 Å². The Hall–Kier alpha value is -0.790. The van der Waals surface area contributed by atoms with Gasteiger partial charge in [-0.1, -0.05) is 48.9 Å². The predicted octanol–water partition coefficient (Wildman–Crippen LogP) is 3.90. The topological polar surface area (TPSA) is 12.0 Å². The largest absolute Gasteiger partial charge is 0.311 e. The minimum atomic E-state index is 0. The van der Waals surface area contributed by atoms with E-state index in [2.05, 4.69) is 56.4 Å². The molecule has 1 nitrogen and oxygen atoms in total. The lowest BCUT2D eigenvalue weighted by molar-refractivity contribution is 0.560. The Morgan fingerprint density at radius 3 is 2.50 bits per heavy atom. The summed E-state index contributed by atoms with van der Waals surface area (Å²) < 4.78 is 0. The molecule has 1 aromatic rings. The Labute approximate surface area is 105 Å². The zero-order valence-electron chi connectivity index (χ0n) is 10.4. The number of rotatable bonds is 5. The van der Waals surface area contributed by atoms with Crippen molar-refractivity contribution in [2.45, 2.75) is 33.2 Å². The highest BCUT2D eigenvalue weighted by Gasteiger charge is 1.96. The second kappa shape index (κ2) is 8.37. The van der Waals surface area contributed by atoms with Crippen LogP contribution in [0, 0.1) is 0 Å². The maximum atomic E-state index is 3.48. The Morgan fingerprint density at radius 2 is 1.94 bits per heavy atom. The lowest BCUT2D eigenvalue weighted by atomic mass is 10.1. The van der Waals surface area contributed by atoms with Crippen molar-refractivity contribution in [2.24, 2.45) is 0 Å². The van der Waals surface area contributed by atoms with Crippen LogP contribution in [-0.4, -0.2) is 12.6 Å². The van der Waals surface area contributed by atoms with Crippen molar-refractivity contribution in [1.82, 2.24) is 5.32 Å². The molecule has 0 radical (unpaired) electrons. The summed E-state index contributed by atoms with van der Waals surface area (Å²) in [6.45, 7) is 7.57. The minimum Gasteiger partial charge on any atom is -0.311 e. The monoisotopic (exact) mass is 239 g/mol. The van der Waals surface area contributed by atoms with Crippen LogP contribution in [-0.2, 0) is 0 Å². The van der Waals surface area contributed by atoms with Crippen molar-refractivity contribution in [3.8, 4) is 0 Å². The van der Waals surface area contributed by atoms with Gasteiger partial charge in [-0.25, -0.2) is 0 Å². The van der Waals surface area contributed by atoms with Crippen molar-refractivity contribution >= 4 is 18.5 Å². The van der Waals surface area contributed by atoms with Crippen LogP contribution < -0.4 is 5.32 Å². The highest BCUT2D eigenvalue weighted by Crippen LogP contribution is 2.05. The quantitative estimate of drug-likeness (QED) is 0.822. The van der Waals surface area contributed by atoms with Crippen LogP contribution in [0.25, 0.3) is 6.08 Å². The lowest BCUT2D eigenvalue weighted by Gasteiger charge is -2.11. The van der Waals surface area contributed by atoms with Crippen LogP contribution >= 0.6 is 12.4 Å². The summed E-state index contributed by atoms with van der Waals surface area (Å²) in [6.07, 6.45) is 3.41. The van der Waals surface area contributed by atoms with E-state index < -0.39 is 0 Å². The molecule has 0 fully saturated rings. The van der Waals surface area contributed by atoms with Gasteiger partial charge in [0.15, 0.2) is 0 Å². The van der Waals surface area contributed by atoms with Crippen molar-refractivity contribution in [3.63, 3.8) is 0 Å². The van der Waals surface area contributed by atoms with Gasteiger partial charge in [-0.05, 0) is 25.8 Å². The van der Waals surface area contributed by atoms with Crippen LogP contribution in [0.4, 0.5) is 0 Å². The highest BCUT2D eigenvalue weighted by atomic mass is 35.5. The maximum absolute atomic E-state index is 3.48. The molecule has 1 unspecified atom stereocenters. The van der Waals surface area contributed by atoms with Gasteiger partial charge in [0.2, 0.25) is 0 Å². The molecule has 0 amide bonds. The molecule has 0 spiro atoms.